The maximum atomic E-state index is 11.8. The van der Waals surface area contributed by atoms with Crippen molar-refractivity contribution in [3.8, 4) is 0 Å². The Morgan fingerprint density at radius 1 is 1.62 bits per heavy atom. The van der Waals surface area contributed by atoms with Crippen molar-refractivity contribution in [1.82, 2.24) is 5.32 Å². The number of nitrogens with one attached hydrogen (secondary N) is 1. The molecule has 0 spiro atoms. The van der Waals surface area contributed by atoms with Crippen molar-refractivity contribution in [2.24, 2.45) is 0 Å². The summed E-state index contributed by atoms with van der Waals surface area (Å²) < 4.78 is 0. The summed E-state index contributed by atoms with van der Waals surface area (Å²) in [6.07, 6.45) is 1.84. The van der Waals surface area contributed by atoms with Crippen LogP contribution in [0.15, 0.2) is 16.8 Å². The van der Waals surface area contributed by atoms with E-state index in [1.54, 1.807) is 11.3 Å². The molecule has 0 fully saturated rings. The van der Waals surface area contributed by atoms with Gasteiger partial charge in [-0.2, -0.15) is 11.3 Å². The van der Waals surface area contributed by atoms with E-state index in [0.717, 1.165) is 12.0 Å². The van der Waals surface area contributed by atoms with Gasteiger partial charge >= 0.3 is 0 Å². The zero-order valence-electron chi connectivity index (χ0n) is 9.82. The molecule has 0 aliphatic carbocycles. The third-order valence-electron chi connectivity index (χ3n) is 2.83. The van der Waals surface area contributed by atoms with Crippen LogP contribution in [0.4, 0.5) is 0 Å². The van der Waals surface area contributed by atoms with Gasteiger partial charge in [0.15, 0.2) is 0 Å². The third-order valence-corrected chi connectivity index (χ3v) is 3.56. The molecule has 0 aliphatic rings. The van der Waals surface area contributed by atoms with Crippen molar-refractivity contribution >= 4 is 17.2 Å². The minimum atomic E-state index is -0.290. The van der Waals surface area contributed by atoms with Crippen molar-refractivity contribution in [2.75, 3.05) is 6.61 Å². The first kappa shape index (κ1) is 13.2. The lowest BCUT2D eigenvalue weighted by atomic mass is 9.94. The number of rotatable bonds is 6. The molecule has 90 valence electrons. The van der Waals surface area contributed by atoms with Crippen LogP contribution in [0.3, 0.4) is 0 Å². The second-order valence-corrected chi connectivity index (χ2v) is 5.02. The first-order valence-electron chi connectivity index (χ1n) is 5.52. The third kappa shape index (κ3) is 3.94. The molecule has 3 nitrogen and oxygen atoms in total. The van der Waals surface area contributed by atoms with Gasteiger partial charge in [0.2, 0.25) is 5.91 Å². The summed E-state index contributed by atoms with van der Waals surface area (Å²) in [4.78, 5) is 11.8. The van der Waals surface area contributed by atoms with E-state index in [4.69, 9.17) is 5.11 Å². The Hall–Kier alpha value is -0.870. The number of thiophene rings is 1. The quantitative estimate of drug-likeness (QED) is 0.800. The molecule has 1 rings (SSSR count). The highest BCUT2D eigenvalue weighted by molar-refractivity contribution is 7.07. The summed E-state index contributed by atoms with van der Waals surface area (Å²) in [6.45, 7) is 4.08. The van der Waals surface area contributed by atoms with Crippen LogP contribution in [0.5, 0.6) is 0 Å². The molecule has 1 unspecified atom stereocenters. The molecule has 1 atom stereocenters. The Morgan fingerprint density at radius 2 is 2.38 bits per heavy atom. The van der Waals surface area contributed by atoms with E-state index >= 15 is 0 Å². The molecule has 0 aliphatic heterocycles. The van der Waals surface area contributed by atoms with E-state index in [2.05, 4.69) is 5.32 Å². The van der Waals surface area contributed by atoms with E-state index in [1.807, 2.05) is 30.7 Å². The van der Waals surface area contributed by atoms with Crippen LogP contribution in [-0.4, -0.2) is 23.2 Å². The predicted molar refractivity (Wildman–Crippen MR) is 66.6 cm³/mol. The standard InChI is InChI=1S/C12H19NO2S/c1-3-12(2,5-6-14)13-11(15)8-10-4-7-16-9-10/h4,7,9,14H,3,5-6,8H2,1-2H3,(H,13,15). The number of aliphatic hydroxyl groups excluding tert-OH is 1. The van der Waals surface area contributed by atoms with Gasteiger partial charge in [-0.1, -0.05) is 6.92 Å². The maximum absolute atomic E-state index is 11.8. The van der Waals surface area contributed by atoms with E-state index in [0.29, 0.717) is 12.8 Å². The molecule has 0 saturated heterocycles. The summed E-state index contributed by atoms with van der Waals surface area (Å²) in [6, 6.07) is 1.96. The molecule has 1 heterocycles. The summed E-state index contributed by atoms with van der Waals surface area (Å²) in [5.74, 6) is 0.0243. The summed E-state index contributed by atoms with van der Waals surface area (Å²) in [5.41, 5.74) is 0.756. The molecule has 1 aromatic rings. The van der Waals surface area contributed by atoms with Gasteiger partial charge in [-0.15, -0.1) is 0 Å². The Morgan fingerprint density at radius 3 is 2.88 bits per heavy atom. The lowest BCUT2D eigenvalue weighted by Crippen LogP contribution is -2.46. The van der Waals surface area contributed by atoms with Crippen LogP contribution in [-0.2, 0) is 11.2 Å². The fourth-order valence-corrected chi connectivity index (χ4v) is 2.20. The second-order valence-electron chi connectivity index (χ2n) is 4.24. The van der Waals surface area contributed by atoms with Crippen molar-refractivity contribution < 1.29 is 9.90 Å². The van der Waals surface area contributed by atoms with Crippen LogP contribution in [0.1, 0.15) is 32.3 Å². The van der Waals surface area contributed by atoms with Crippen molar-refractivity contribution in [3.05, 3.63) is 22.4 Å². The van der Waals surface area contributed by atoms with Gasteiger partial charge in [0.25, 0.3) is 0 Å². The molecule has 0 aromatic carbocycles. The van der Waals surface area contributed by atoms with Crippen LogP contribution in [0, 0.1) is 0 Å². The minimum absolute atomic E-state index is 0.0243. The lowest BCUT2D eigenvalue weighted by molar-refractivity contribution is -0.122. The average Bonchev–Trinajstić information content (AvgIpc) is 2.70. The summed E-state index contributed by atoms with van der Waals surface area (Å²) >= 11 is 1.60. The lowest BCUT2D eigenvalue weighted by Gasteiger charge is -2.28. The van der Waals surface area contributed by atoms with Gasteiger partial charge in [0.1, 0.15) is 0 Å². The summed E-state index contributed by atoms with van der Waals surface area (Å²) in [5, 5.41) is 15.9. The molecular weight excluding hydrogens is 222 g/mol. The van der Waals surface area contributed by atoms with Gasteiger partial charge in [-0.25, -0.2) is 0 Å². The predicted octanol–water partition coefficient (Wildman–Crippen LogP) is 1.96. The Kier molecular flexibility index (Phi) is 4.96. The Bertz CT molecular complexity index is 324. The van der Waals surface area contributed by atoms with Gasteiger partial charge in [-0.3, -0.25) is 4.79 Å². The number of aliphatic hydroxyl groups is 1. The minimum Gasteiger partial charge on any atom is -0.396 e. The SMILES string of the molecule is CCC(C)(CCO)NC(=O)Cc1ccsc1. The highest BCUT2D eigenvalue weighted by atomic mass is 32.1. The number of hydrogen-bond donors (Lipinski definition) is 2. The largest absolute Gasteiger partial charge is 0.396 e. The molecule has 4 heteroatoms. The van der Waals surface area contributed by atoms with Gasteiger partial charge in [0, 0.05) is 12.1 Å². The van der Waals surface area contributed by atoms with Crippen LogP contribution in [0.2, 0.25) is 0 Å². The average molecular weight is 241 g/mol. The van der Waals surface area contributed by atoms with Gasteiger partial charge in [0.05, 0.1) is 6.42 Å². The fourth-order valence-electron chi connectivity index (χ4n) is 1.53. The number of carbonyl (C=O) groups excluding carboxylic acids is 1. The zero-order chi connectivity index (χ0) is 12.0. The molecule has 16 heavy (non-hydrogen) atoms. The topological polar surface area (TPSA) is 49.3 Å². The van der Waals surface area contributed by atoms with Crippen molar-refractivity contribution in [1.29, 1.82) is 0 Å². The fraction of sp³-hybridized carbons (Fsp3) is 0.583. The number of hydrogen-bond acceptors (Lipinski definition) is 3. The number of amides is 1. The van der Waals surface area contributed by atoms with Crippen LogP contribution in [0.25, 0.3) is 0 Å². The van der Waals surface area contributed by atoms with Gasteiger partial charge in [-0.05, 0) is 42.2 Å². The van der Waals surface area contributed by atoms with Crippen molar-refractivity contribution in [2.45, 2.75) is 38.6 Å². The van der Waals surface area contributed by atoms with Crippen LogP contribution < -0.4 is 5.32 Å². The highest BCUT2D eigenvalue weighted by Gasteiger charge is 2.23. The molecule has 2 N–H and O–H groups in total. The molecule has 0 radical (unpaired) electrons. The van der Waals surface area contributed by atoms with Gasteiger partial charge < -0.3 is 10.4 Å². The second kappa shape index (κ2) is 6.01. The van der Waals surface area contributed by atoms with Crippen molar-refractivity contribution in [3.63, 3.8) is 0 Å². The first-order chi connectivity index (χ1) is 7.59. The van der Waals surface area contributed by atoms with E-state index in [1.165, 1.54) is 0 Å². The monoisotopic (exact) mass is 241 g/mol. The van der Waals surface area contributed by atoms with E-state index in [9.17, 15) is 4.79 Å². The van der Waals surface area contributed by atoms with E-state index < -0.39 is 0 Å². The molecule has 0 saturated carbocycles. The number of carbonyl (C=O) groups is 1. The Balaban J connectivity index is 2.49. The molecule has 1 amide bonds. The van der Waals surface area contributed by atoms with E-state index in [-0.39, 0.29) is 18.1 Å². The first-order valence-corrected chi connectivity index (χ1v) is 6.47. The van der Waals surface area contributed by atoms with Crippen LogP contribution >= 0.6 is 11.3 Å². The zero-order valence-corrected chi connectivity index (χ0v) is 10.6. The molecule has 1 aromatic heterocycles. The molecular formula is C12H19NO2S. The summed E-state index contributed by atoms with van der Waals surface area (Å²) in [7, 11) is 0. The smallest absolute Gasteiger partial charge is 0.224 e. The maximum Gasteiger partial charge on any atom is 0.224 e. The Labute approximate surface area is 100 Å². The highest BCUT2D eigenvalue weighted by Crippen LogP contribution is 2.14. The normalized spacial score (nSPS) is 14.4. The molecule has 0 bridgehead atoms.